The van der Waals surface area contributed by atoms with Crippen molar-refractivity contribution in [3.63, 3.8) is 0 Å². The normalized spacial score (nSPS) is 27.3. The fraction of sp³-hybridized carbons (Fsp3) is 0.875. The van der Waals surface area contributed by atoms with E-state index < -0.39 is 0 Å². The first-order valence-corrected chi connectivity index (χ1v) is 8.41. The summed E-state index contributed by atoms with van der Waals surface area (Å²) in [6, 6.07) is 0. The summed E-state index contributed by atoms with van der Waals surface area (Å²) in [6.45, 7) is 8.79. The van der Waals surface area contributed by atoms with E-state index in [1.807, 2.05) is 16.7 Å². The summed E-state index contributed by atoms with van der Waals surface area (Å²) in [5.74, 6) is 0.497. The van der Waals surface area contributed by atoms with Gasteiger partial charge in [-0.25, -0.2) is 0 Å². The lowest BCUT2D eigenvalue weighted by molar-refractivity contribution is -0.144. The highest BCUT2D eigenvalue weighted by Crippen LogP contribution is 2.32. The summed E-state index contributed by atoms with van der Waals surface area (Å²) >= 11 is 0. The molecule has 120 valence electrons. The molecule has 0 spiro atoms. The molecule has 2 aliphatic rings. The molecule has 5 nitrogen and oxygen atoms in total. The van der Waals surface area contributed by atoms with Gasteiger partial charge in [0.05, 0.1) is 5.41 Å². The Balaban J connectivity index is 2.00. The Morgan fingerprint density at radius 1 is 1.05 bits per heavy atom. The maximum absolute atomic E-state index is 13.0. The van der Waals surface area contributed by atoms with Crippen LogP contribution in [-0.4, -0.2) is 60.9 Å². The summed E-state index contributed by atoms with van der Waals surface area (Å²) in [4.78, 5) is 28.7. The molecule has 1 N–H and O–H groups in total. The number of hydrogen-bond donors (Lipinski definition) is 1. The monoisotopic (exact) mass is 295 g/mol. The zero-order chi connectivity index (χ0) is 15.3. The van der Waals surface area contributed by atoms with Crippen LogP contribution >= 0.6 is 0 Å². The number of carbonyl (C=O) groups is 2. The van der Waals surface area contributed by atoms with Crippen LogP contribution in [0.5, 0.6) is 0 Å². The first-order chi connectivity index (χ1) is 10.1. The van der Waals surface area contributed by atoms with Crippen molar-refractivity contribution in [2.24, 2.45) is 5.41 Å². The summed E-state index contributed by atoms with van der Waals surface area (Å²) in [7, 11) is 0. The molecule has 2 saturated heterocycles. The third-order valence-electron chi connectivity index (χ3n) is 5.04. The van der Waals surface area contributed by atoms with Crippen molar-refractivity contribution in [2.75, 3.05) is 39.3 Å². The standard InChI is InChI=1S/C16H29N3O2/c1-3-14(20)18-9-6-10-19(12-11-18)15(21)16(4-2)7-5-8-17-13-16/h17H,3-13H2,1-2H3. The van der Waals surface area contributed by atoms with Crippen molar-refractivity contribution in [1.82, 2.24) is 15.1 Å². The van der Waals surface area contributed by atoms with Gasteiger partial charge in [0.15, 0.2) is 0 Å². The Morgan fingerprint density at radius 2 is 1.76 bits per heavy atom. The van der Waals surface area contributed by atoms with Crippen molar-refractivity contribution in [1.29, 1.82) is 0 Å². The minimum Gasteiger partial charge on any atom is -0.341 e. The molecule has 0 aliphatic carbocycles. The van der Waals surface area contributed by atoms with Crippen LogP contribution in [-0.2, 0) is 9.59 Å². The summed E-state index contributed by atoms with van der Waals surface area (Å²) in [5, 5.41) is 3.39. The predicted molar refractivity (Wildman–Crippen MR) is 82.9 cm³/mol. The minimum absolute atomic E-state index is 0.203. The topological polar surface area (TPSA) is 52.7 Å². The van der Waals surface area contributed by atoms with Crippen LogP contribution in [0.15, 0.2) is 0 Å². The quantitative estimate of drug-likeness (QED) is 0.852. The molecular formula is C16H29N3O2. The molecule has 0 aromatic rings. The third kappa shape index (κ3) is 3.57. The van der Waals surface area contributed by atoms with E-state index in [4.69, 9.17) is 0 Å². The third-order valence-corrected chi connectivity index (χ3v) is 5.04. The van der Waals surface area contributed by atoms with Crippen LogP contribution < -0.4 is 5.32 Å². The molecule has 2 amide bonds. The molecule has 1 atom stereocenters. The molecule has 0 saturated carbocycles. The van der Waals surface area contributed by atoms with Gasteiger partial charge in [0.2, 0.25) is 11.8 Å². The molecule has 2 heterocycles. The van der Waals surface area contributed by atoms with E-state index in [2.05, 4.69) is 12.2 Å². The van der Waals surface area contributed by atoms with Crippen LogP contribution in [0.1, 0.15) is 46.0 Å². The largest absolute Gasteiger partial charge is 0.341 e. The SMILES string of the molecule is CCC(=O)N1CCCN(C(=O)C2(CC)CCCNC2)CC1. The minimum atomic E-state index is -0.220. The second-order valence-electron chi connectivity index (χ2n) is 6.29. The summed E-state index contributed by atoms with van der Waals surface area (Å²) in [6.07, 6.45) is 4.41. The number of rotatable bonds is 3. The maximum atomic E-state index is 13.0. The number of nitrogens with zero attached hydrogens (tertiary/aromatic N) is 2. The van der Waals surface area contributed by atoms with Crippen molar-refractivity contribution < 1.29 is 9.59 Å². The fourth-order valence-corrected chi connectivity index (χ4v) is 3.53. The molecule has 2 fully saturated rings. The van der Waals surface area contributed by atoms with Gasteiger partial charge in [-0.1, -0.05) is 13.8 Å². The van der Waals surface area contributed by atoms with Crippen LogP contribution in [0, 0.1) is 5.41 Å². The number of nitrogens with one attached hydrogen (secondary N) is 1. The Hall–Kier alpha value is -1.10. The molecule has 0 bridgehead atoms. The summed E-state index contributed by atoms with van der Waals surface area (Å²) < 4.78 is 0. The van der Waals surface area contributed by atoms with Crippen LogP contribution in [0.4, 0.5) is 0 Å². The highest BCUT2D eigenvalue weighted by Gasteiger charge is 2.40. The van der Waals surface area contributed by atoms with Gasteiger partial charge in [0, 0.05) is 39.1 Å². The van der Waals surface area contributed by atoms with Gasteiger partial charge in [-0.05, 0) is 32.2 Å². The van der Waals surface area contributed by atoms with Gasteiger partial charge in [-0.3, -0.25) is 9.59 Å². The van der Waals surface area contributed by atoms with Crippen LogP contribution in [0.2, 0.25) is 0 Å². The average Bonchev–Trinajstić information content (AvgIpc) is 2.80. The first kappa shape index (κ1) is 16.3. The molecule has 5 heteroatoms. The van der Waals surface area contributed by atoms with E-state index in [1.165, 1.54) is 0 Å². The second kappa shape index (κ2) is 7.25. The average molecular weight is 295 g/mol. The van der Waals surface area contributed by atoms with E-state index in [9.17, 15) is 9.59 Å². The molecule has 1 unspecified atom stereocenters. The molecule has 21 heavy (non-hydrogen) atoms. The summed E-state index contributed by atoms with van der Waals surface area (Å²) in [5.41, 5.74) is -0.220. The highest BCUT2D eigenvalue weighted by atomic mass is 16.2. The number of piperidine rings is 1. The lowest BCUT2D eigenvalue weighted by atomic mass is 9.77. The van der Waals surface area contributed by atoms with E-state index in [0.29, 0.717) is 25.4 Å². The van der Waals surface area contributed by atoms with Gasteiger partial charge >= 0.3 is 0 Å². The smallest absolute Gasteiger partial charge is 0.230 e. The molecule has 0 aromatic heterocycles. The fourth-order valence-electron chi connectivity index (χ4n) is 3.53. The van der Waals surface area contributed by atoms with Gasteiger partial charge in [-0.2, -0.15) is 0 Å². The highest BCUT2D eigenvalue weighted by molar-refractivity contribution is 5.83. The molecular weight excluding hydrogens is 266 g/mol. The Kier molecular flexibility index (Phi) is 5.62. The molecule has 0 aromatic carbocycles. The van der Waals surface area contributed by atoms with Gasteiger partial charge in [-0.15, -0.1) is 0 Å². The lowest BCUT2D eigenvalue weighted by Gasteiger charge is -2.39. The van der Waals surface area contributed by atoms with E-state index in [1.54, 1.807) is 0 Å². The van der Waals surface area contributed by atoms with E-state index >= 15 is 0 Å². The van der Waals surface area contributed by atoms with Crippen LogP contribution in [0.25, 0.3) is 0 Å². The number of hydrogen-bond acceptors (Lipinski definition) is 3. The van der Waals surface area contributed by atoms with Crippen molar-refractivity contribution >= 4 is 11.8 Å². The predicted octanol–water partition coefficient (Wildman–Crippen LogP) is 1.24. The van der Waals surface area contributed by atoms with E-state index in [0.717, 1.165) is 51.9 Å². The van der Waals surface area contributed by atoms with Crippen LogP contribution in [0.3, 0.4) is 0 Å². The van der Waals surface area contributed by atoms with Crippen molar-refractivity contribution in [3.05, 3.63) is 0 Å². The van der Waals surface area contributed by atoms with Gasteiger partial charge in [0.25, 0.3) is 0 Å². The Morgan fingerprint density at radius 3 is 2.38 bits per heavy atom. The number of carbonyl (C=O) groups excluding carboxylic acids is 2. The first-order valence-electron chi connectivity index (χ1n) is 8.41. The maximum Gasteiger partial charge on any atom is 0.230 e. The Bertz CT molecular complexity index is 378. The van der Waals surface area contributed by atoms with Gasteiger partial charge < -0.3 is 15.1 Å². The van der Waals surface area contributed by atoms with Gasteiger partial charge in [0.1, 0.15) is 0 Å². The van der Waals surface area contributed by atoms with E-state index in [-0.39, 0.29) is 11.3 Å². The Labute approximate surface area is 128 Å². The molecule has 0 radical (unpaired) electrons. The zero-order valence-electron chi connectivity index (χ0n) is 13.5. The van der Waals surface area contributed by atoms with Crippen molar-refractivity contribution in [3.8, 4) is 0 Å². The zero-order valence-corrected chi connectivity index (χ0v) is 13.5. The lowest BCUT2D eigenvalue weighted by Crippen LogP contribution is -2.52. The number of amides is 2. The molecule has 2 rings (SSSR count). The molecule has 2 aliphatic heterocycles. The second-order valence-corrected chi connectivity index (χ2v) is 6.29. The van der Waals surface area contributed by atoms with Crippen molar-refractivity contribution in [2.45, 2.75) is 46.0 Å².